The molecule has 0 aliphatic rings. The van der Waals surface area contributed by atoms with Gasteiger partial charge < -0.3 is 10.4 Å². The number of benzene rings is 1. The Kier molecular flexibility index (Phi) is 4.72. The van der Waals surface area contributed by atoms with Crippen molar-refractivity contribution >= 4 is 5.82 Å². The SMILES string of the molecule is CCc1nnc(NCc2ccccc2O)c(C#N)c1CC. The van der Waals surface area contributed by atoms with Crippen molar-refractivity contribution < 1.29 is 5.11 Å². The molecule has 21 heavy (non-hydrogen) atoms. The molecule has 0 saturated heterocycles. The predicted octanol–water partition coefficient (Wildman–Crippen LogP) is 2.79. The van der Waals surface area contributed by atoms with Crippen LogP contribution >= 0.6 is 0 Å². The van der Waals surface area contributed by atoms with Crippen molar-refractivity contribution in [1.82, 2.24) is 10.2 Å². The van der Waals surface area contributed by atoms with E-state index in [0.717, 1.165) is 29.7 Å². The summed E-state index contributed by atoms with van der Waals surface area (Å²) in [5, 5.41) is 30.5. The fourth-order valence-corrected chi connectivity index (χ4v) is 2.26. The number of anilines is 1. The number of rotatable bonds is 5. The van der Waals surface area contributed by atoms with Crippen molar-refractivity contribution in [2.75, 3.05) is 5.32 Å². The first-order valence-corrected chi connectivity index (χ1v) is 7.00. The lowest BCUT2D eigenvalue weighted by molar-refractivity contribution is 0.469. The smallest absolute Gasteiger partial charge is 0.167 e. The van der Waals surface area contributed by atoms with Crippen molar-refractivity contribution in [3.05, 3.63) is 46.6 Å². The topological polar surface area (TPSA) is 81.8 Å². The number of para-hydroxylation sites is 1. The van der Waals surface area contributed by atoms with Gasteiger partial charge in [0, 0.05) is 12.1 Å². The van der Waals surface area contributed by atoms with Crippen molar-refractivity contribution in [3.8, 4) is 11.8 Å². The van der Waals surface area contributed by atoms with Crippen LogP contribution in [0.5, 0.6) is 5.75 Å². The van der Waals surface area contributed by atoms with Crippen molar-refractivity contribution in [1.29, 1.82) is 5.26 Å². The summed E-state index contributed by atoms with van der Waals surface area (Å²) in [5.74, 6) is 0.687. The molecular formula is C16H18N4O. The van der Waals surface area contributed by atoms with Gasteiger partial charge in [-0.15, -0.1) is 5.10 Å². The van der Waals surface area contributed by atoms with Crippen LogP contribution in [-0.2, 0) is 19.4 Å². The molecule has 2 aromatic rings. The summed E-state index contributed by atoms with van der Waals surface area (Å²) >= 11 is 0. The second-order valence-corrected chi connectivity index (χ2v) is 4.65. The molecule has 0 saturated carbocycles. The number of phenolic OH excluding ortho intramolecular Hbond substituents is 1. The molecule has 1 aromatic heterocycles. The summed E-state index contributed by atoms with van der Waals surface area (Å²) in [6, 6.07) is 9.29. The van der Waals surface area contributed by atoms with Crippen LogP contribution in [0.2, 0.25) is 0 Å². The Morgan fingerprint density at radius 2 is 1.95 bits per heavy atom. The highest BCUT2D eigenvalue weighted by Gasteiger charge is 2.14. The number of nitriles is 1. The van der Waals surface area contributed by atoms with Gasteiger partial charge in [0.15, 0.2) is 5.82 Å². The van der Waals surface area contributed by atoms with E-state index < -0.39 is 0 Å². The molecule has 1 heterocycles. The van der Waals surface area contributed by atoms with Crippen molar-refractivity contribution in [2.45, 2.75) is 33.2 Å². The van der Waals surface area contributed by atoms with Gasteiger partial charge in [-0.3, -0.25) is 0 Å². The van der Waals surface area contributed by atoms with E-state index in [1.807, 2.05) is 26.0 Å². The highest BCUT2D eigenvalue weighted by Crippen LogP contribution is 2.22. The molecule has 0 aliphatic heterocycles. The molecular weight excluding hydrogens is 264 g/mol. The number of hydrogen-bond donors (Lipinski definition) is 2. The Morgan fingerprint density at radius 1 is 1.19 bits per heavy atom. The summed E-state index contributed by atoms with van der Waals surface area (Å²) in [7, 11) is 0. The number of aryl methyl sites for hydroxylation is 1. The number of phenols is 1. The van der Waals surface area contributed by atoms with Crippen LogP contribution in [-0.4, -0.2) is 15.3 Å². The maximum absolute atomic E-state index is 9.76. The molecule has 108 valence electrons. The first-order chi connectivity index (χ1) is 10.2. The summed E-state index contributed by atoms with van der Waals surface area (Å²) in [6.45, 7) is 4.40. The molecule has 0 fully saturated rings. The third-order valence-corrected chi connectivity index (χ3v) is 3.40. The number of nitrogens with one attached hydrogen (secondary N) is 1. The second kappa shape index (κ2) is 6.71. The van der Waals surface area contributed by atoms with Crippen LogP contribution < -0.4 is 5.32 Å². The number of aromatic nitrogens is 2. The fourth-order valence-electron chi connectivity index (χ4n) is 2.26. The van der Waals surface area contributed by atoms with E-state index in [2.05, 4.69) is 21.6 Å². The van der Waals surface area contributed by atoms with Crippen LogP contribution in [0.1, 0.15) is 36.2 Å². The minimum absolute atomic E-state index is 0.220. The second-order valence-electron chi connectivity index (χ2n) is 4.65. The Balaban J connectivity index is 2.29. The molecule has 0 radical (unpaired) electrons. The quantitative estimate of drug-likeness (QED) is 0.881. The predicted molar refractivity (Wildman–Crippen MR) is 80.9 cm³/mol. The van der Waals surface area contributed by atoms with E-state index in [9.17, 15) is 10.4 Å². The van der Waals surface area contributed by atoms with Gasteiger partial charge in [-0.25, -0.2) is 0 Å². The van der Waals surface area contributed by atoms with Gasteiger partial charge in [-0.2, -0.15) is 10.4 Å². The molecule has 5 nitrogen and oxygen atoms in total. The molecule has 0 aliphatic carbocycles. The van der Waals surface area contributed by atoms with E-state index in [0.29, 0.717) is 17.9 Å². The average molecular weight is 282 g/mol. The van der Waals surface area contributed by atoms with E-state index >= 15 is 0 Å². The molecule has 0 bridgehead atoms. The first kappa shape index (κ1) is 14.8. The molecule has 1 aromatic carbocycles. The van der Waals surface area contributed by atoms with E-state index in [1.165, 1.54) is 0 Å². The maximum Gasteiger partial charge on any atom is 0.167 e. The van der Waals surface area contributed by atoms with E-state index in [4.69, 9.17) is 0 Å². The van der Waals surface area contributed by atoms with Crippen LogP contribution in [0.4, 0.5) is 5.82 Å². The van der Waals surface area contributed by atoms with E-state index in [1.54, 1.807) is 12.1 Å². The van der Waals surface area contributed by atoms with Gasteiger partial charge >= 0.3 is 0 Å². The molecule has 0 amide bonds. The van der Waals surface area contributed by atoms with Crippen LogP contribution in [0.15, 0.2) is 24.3 Å². The molecule has 5 heteroatoms. The lowest BCUT2D eigenvalue weighted by Gasteiger charge is -2.12. The van der Waals surface area contributed by atoms with Crippen LogP contribution in [0, 0.1) is 11.3 Å². The third kappa shape index (κ3) is 3.11. The molecule has 0 atom stereocenters. The monoisotopic (exact) mass is 282 g/mol. The van der Waals surface area contributed by atoms with Gasteiger partial charge in [0.2, 0.25) is 0 Å². The summed E-state index contributed by atoms with van der Waals surface area (Å²) < 4.78 is 0. The van der Waals surface area contributed by atoms with Gasteiger partial charge in [0.1, 0.15) is 17.4 Å². The lowest BCUT2D eigenvalue weighted by atomic mass is 10.0. The third-order valence-electron chi connectivity index (χ3n) is 3.40. The summed E-state index contributed by atoms with van der Waals surface area (Å²) in [5.41, 5.74) is 3.09. The van der Waals surface area contributed by atoms with Crippen molar-refractivity contribution in [3.63, 3.8) is 0 Å². The Bertz CT molecular complexity index is 676. The Morgan fingerprint density at radius 3 is 2.57 bits per heavy atom. The Hall–Kier alpha value is -2.61. The highest BCUT2D eigenvalue weighted by molar-refractivity contribution is 5.57. The minimum atomic E-state index is 0.220. The normalized spacial score (nSPS) is 10.1. The molecule has 2 N–H and O–H groups in total. The molecule has 2 rings (SSSR count). The summed E-state index contributed by atoms with van der Waals surface area (Å²) in [6.07, 6.45) is 1.50. The zero-order valence-corrected chi connectivity index (χ0v) is 12.2. The van der Waals surface area contributed by atoms with Gasteiger partial charge in [0.25, 0.3) is 0 Å². The first-order valence-electron chi connectivity index (χ1n) is 7.00. The zero-order valence-electron chi connectivity index (χ0n) is 12.2. The van der Waals surface area contributed by atoms with E-state index in [-0.39, 0.29) is 5.75 Å². The van der Waals surface area contributed by atoms with Crippen molar-refractivity contribution in [2.24, 2.45) is 0 Å². The average Bonchev–Trinajstić information content (AvgIpc) is 2.52. The summed E-state index contributed by atoms with van der Waals surface area (Å²) in [4.78, 5) is 0. The number of nitrogens with zero attached hydrogens (tertiary/aromatic N) is 3. The highest BCUT2D eigenvalue weighted by atomic mass is 16.3. The zero-order chi connectivity index (χ0) is 15.2. The van der Waals surface area contributed by atoms with Crippen LogP contribution in [0.25, 0.3) is 0 Å². The Labute approximate surface area is 124 Å². The lowest BCUT2D eigenvalue weighted by Crippen LogP contribution is -2.10. The minimum Gasteiger partial charge on any atom is -0.508 e. The van der Waals surface area contributed by atoms with Gasteiger partial charge in [0.05, 0.1) is 5.69 Å². The number of aromatic hydroxyl groups is 1. The largest absolute Gasteiger partial charge is 0.508 e. The maximum atomic E-state index is 9.76. The van der Waals surface area contributed by atoms with Crippen LogP contribution in [0.3, 0.4) is 0 Å². The molecule has 0 spiro atoms. The standard InChI is InChI=1S/C16H18N4O/c1-3-12-13(9-17)16(20-19-14(12)4-2)18-10-11-7-5-6-8-15(11)21/h5-8,21H,3-4,10H2,1-2H3,(H,18,20). The van der Waals surface area contributed by atoms with Gasteiger partial charge in [-0.1, -0.05) is 32.0 Å². The fraction of sp³-hybridized carbons (Fsp3) is 0.312. The molecule has 0 unspecified atom stereocenters. The number of hydrogen-bond acceptors (Lipinski definition) is 5. The van der Waals surface area contributed by atoms with Gasteiger partial charge in [-0.05, 0) is 24.5 Å².